The van der Waals surface area contributed by atoms with Crippen LogP contribution in [0.1, 0.15) is 18.5 Å². The fourth-order valence-electron chi connectivity index (χ4n) is 1.71. The summed E-state index contributed by atoms with van der Waals surface area (Å²) in [5.74, 6) is -1.85. The monoisotopic (exact) mass is 294 g/mol. The van der Waals surface area contributed by atoms with Crippen molar-refractivity contribution in [3.05, 3.63) is 63.7 Å². The molecule has 2 N–H and O–H groups in total. The van der Waals surface area contributed by atoms with E-state index < -0.39 is 22.2 Å². The Balaban J connectivity index is 2.26. The van der Waals surface area contributed by atoms with Crippen LogP contribution in [0.3, 0.4) is 0 Å². The summed E-state index contributed by atoms with van der Waals surface area (Å²) in [4.78, 5) is 9.65. The van der Waals surface area contributed by atoms with E-state index in [0.29, 0.717) is 5.56 Å². The van der Waals surface area contributed by atoms with Gasteiger partial charge in [0.15, 0.2) is 11.6 Å². The summed E-state index contributed by atoms with van der Waals surface area (Å²) in [5.41, 5.74) is 5.55. The third-order valence-corrected chi connectivity index (χ3v) is 2.83. The van der Waals surface area contributed by atoms with Gasteiger partial charge < -0.3 is 10.5 Å². The number of nitrogens with zero attached hydrogens (tertiary/aromatic N) is 1. The molecule has 0 saturated heterocycles. The fourth-order valence-corrected chi connectivity index (χ4v) is 1.71. The summed E-state index contributed by atoms with van der Waals surface area (Å²) in [6.07, 6.45) is 0. The zero-order valence-electron chi connectivity index (χ0n) is 11.0. The van der Waals surface area contributed by atoms with Crippen LogP contribution in [0, 0.1) is 21.7 Å². The van der Waals surface area contributed by atoms with Crippen LogP contribution in [0.15, 0.2) is 36.4 Å². The van der Waals surface area contributed by atoms with Crippen LogP contribution >= 0.6 is 0 Å². The molecule has 0 heterocycles. The molecule has 0 saturated carbocycles. The molecule has 0 spiro atoms. The first-order valence-electron chi connectivity index (χ1n) is 6.05. The molecule has 2 rings (SSSR count). The summed E-state index contributed by atoms with van der Waals surface area (Å²) in [6.45, 7) is 1.71. The lowest BCUT2D eigenvalue weighted by Crippen LogP contribution is -2.05. The smallest absolute Gasteiger partial charge is 0.305 e. The van der Waals surface area contributed by atoms with Gasteiger partial charge in [-0.1, -0.05) is 6.07 Å². The molecule has 5 nitrogen and oxygen atoms in total. The highest BCUT2D eigenvalue weighted by atomic mass is 19.1. The molecule has 1 unspecified atom stereocenters. The van der Waals surface area contributed by atoms with Gasteiger partial charge in [-0.15, -0.1) is 0 Å². The van der Waals surface area contributed by atoms with Crippen LogP contribution in [0.5, 0.6) is 11.5 Å². The first-order valence-corrected chi connectivity index (χ1v) is 6.05. The number of nitro benzene ring substituents is 1. The van der Waals surface area contributed by atoms with Crippen LogP contribution in [-0.2, 0) is 0 Å². The number of benzene rings is 2. The maximum Gasteiger partial charge on any atom is 0.305 e. The van der Waals surface area contributed by atoms with E-state index in [0.717, 1.165) is 12.1 Å². The van der Waals surface area contributed by atoms with E-state index in [9.17, 15) is 18.9 Å². The molecular weight excluding hydrogens is 282 g/mol. The Morgan fingerprint density at radius 1 is 1.19 bits per heavy atom. The molecule has 0 aliphatic carbocycles. The van der Waals surface area contributed by atoms with Gasteiger partial charge in [-0.05, 0) is 30.7 Å². The predicted octanol–water partition coefficient (Wildman–Crippen LogP) is 3.69. The van der Waals surface area contributed by atoms with Crippen LogP contribution in [0.2, 0.25) is 0 Å². The summed E-state index contributed by atoms with van der Waals surface area (Å²) >= 11 is 0. The molecule has 0 bridgehead atoms. The van der Waals surface area contributed by atoms with Crippen LogP contribution in [-0.4, -0.2) is 4.92 Å². The van der Waals surface area contributed by atoms with E-state index in [1.54, 1.807) is 13.0 Å². The third kappa shape index (κ3) is 3.32. The quantitative estimate of drug-likeness (QED) is 0.689. The van der Waals surface area contributed by atoms with Crippen LogP contribution in [0.25, 0.3) is 0 Å². The second-order valence-electron chi connectivity index (χ2n) is 4.45. The Bertz CT molecular complexity index is 690. The SMILES string of the molecule is CC(N)c1ccc(Oc2ccc([N+](=O)[O-])c(F)c2)c(F)c1. The highest BCUT2D eigenvalue weighted by Gasteiger charge is 2.15. The molecule has 0 radical (unpaired) electrons. The number of ether oxygens (including phenoxy) is 1. The van der Waals surface area contributed by atoms with Crippen molar-refractivity contribution in [2.45, 2.75) is 13.0 Å². The van der Waals surface area contributed by atoms with E-state index in [1.807, 2.05) is 0 Å². The predicted molar refractivity (Wildman–Crippen MR) is 72.1 cm³/mol. The molecule has 0 aliphatic heterocycles. The fraction of sp³-hybridized carbons (Fsp3) is 0.143. The van der Waals surface area contributed by atoms with E-state index in [-0.39, 0.29) is 17.5 Å². The number of nitrogens with two attached hydrogens (primary N) is 1. The highest BCUT2D eigenvalue weighted by molar-refractivity contribution is 5.41. The Morgan fingerprint density at radius 2 is 1.90 bits per heavy atom. The molecule has 2 aromatic rings. The summed E-state index contributed by atoms with van der Waals surface area (Å²) < 4.78 is 32.4. The standard InChI is InChI=1S/C14H12F2N2O3/c1-8(17)9-2-5-14(12(16)6-9)21-10-3-4-13(18(19)20)11(15)7-10/h2-8H,17H2,1H3. The molecule has 21 heavy (non-hydrogen) atoms. The minimum Gasteiger partial charge on any atom is -0.454 e. The second-order valence-corrected chi connectivity index (χ2v) is 4.45. The average molecular weight is 294 g/mol. The zero-order valence-corrected chi connectivity index (χ0v) is 11.0. The topological polar surface area (TPSA) is 78.4 Å². The molecule has 7 heteroatoms. The van der Waals surface area contributed by atoms with Gasteiger partial charge in [0.2, 0.25) is 5.82 Å². The molecule has 0 amide bonds. The molecule has 110 valence electrons. The summed E-state index contributed by atoms with van der Waals surface area (Å²) in [6, 6.07) is 6.83. The van der Waals surface area contributed by atoms with Gasteiger partial charge in [0.1, 0.15) is 5.75 Å². The summed E-state index contributed by atoms with van der Waals surface area (Å²) in [5, 5.41) is 10.5. The van der Waals surface area contributed by atoms with Gasteiger partial charge >= 0.3 is 5.69 Å². The van der Waals surface area contributed by atoms with Crippen molar-refractivity contribution < 1.29 is 18.4 Å². The van der Waals surface area contributed by atoms with Gasteiger partial charge in [0.05, 0.1) is 4.92 Å². The number of rotatable bonds is 4. The number of hydrogen-bond donors (Lipinski definition) is 1. The number of halogens is 2. The molecular formula is C14H12F2N2O3. The Morgan fingerprint density at radius 3 is 2.43 bits per heavy atom. The first-order chi connectivity index (χ1) is 9.88. The maximum atomic E-state index is 13.8. The van der Waals surface area contributed by atoms with Crippen molar-refractivity contribution in [2.24, 2.45) is 5.73 Å². The molecule has 1 atom stereocenters. The van der Waals surface area contributed by atoms with Gasteiger partial charge in [-0.25, -0.2) is 4.39 Å². The lowest BCUT2D eigenvalue weighted by Gasteiger charge is -2.10. The van der Waals surface area contributed by atoms with Gasteiger partial charge in [-0.3, -0.25) is 10.1 Å². The van der Waals surface area contributed by atoms with E-state index in [2.05, 4.69) is 0 Å². The molecule has 0 aromatic heterocycles. The van der Waals surface area contributed by atoms with Crippen molar-refractivity contribution in [1.82, 2.24) is 0 Å². The van der Waals surface area contributed by atoms with Crippen molar-refractivity contribution in [3.8, 4) is 11.5 Å². The van der Waals surface area contributed by atoms with Gasteiger partial charge in [0.25, 0.3) is 0 Å². The van der Waals surface area contributed by atoms with E-state index in [4.69, 9.17) is 10.5 Å². The Kier molecular flexibility index (Phi) is 4.13. The largest absolute Gasteiger partial charge is 0.454 e. The van der Waals surface area contributed by atoms with E-state index >= 15 is 0 Å². The minimum atomic E-state index is -1.05. The minimum absolute atomic E-state index is 0.0365. The van der Waals surface area contributed by atoms with Crippen molar-refractivity contribution >= 4 is 5.69 Å². The lowest BCUT2D eigenvalue weighted by molar-refractivity contribution is -0.387. The Hall–Kier alpha value is -2.54. The zero-order chi connectivity index (χ0) is 15.6. The highest BCUT2D eigenvalue weighted by Crippen LogP contribution is 2.29. The van der Waals surface area contributed by atoms with Crippen LogP contribution in [0.4, 0.5) is 14.5 Å². The van der Waals surface area contributed by atoms with Crippen molar-refractivity contribution in [1.29, 1.82) is 0 Å². The van der Waals surface area contributed by atoms with Gasteiger partial charge in [-0.2, -0.15) is 4.39 Å². The molecule has 0 fully saturated rings. The number of hydrogen-bond acceptors (Lipinski definition) is 4. The van der Waals surface area contributed by atoms with Crippen molar-refractivity contribution in [3.63, 3.8) is 0 Å². The molecule has 2 aromatic carbocycles. The maximum absolute atomic E-state index is 13.8. The normalized spacial score (nSPS) is 12.0. The first kappa shape index (κ1) is 14.9. The summed E-state index contributed by atoms with van der Waals surface area (Å²) in [7, 11) is 0. The second kappa shape index (κ2) is 5.84. The third-order valence-electron chi connectivity index (χ3n) is 2.83. The van der Waals surface area contributed by atoms with Crippen molar-refractivity contribution in [2.75, 3.05) is 0 Å². The van der Waals surface area contributed by atoms with Gasteiger partial charge in [0, 0.05) is 18.2 Å². The lowest BCUT2D eigenvalue weighted by atomic mass is 10.1. The number of nitro groups is 1. The van der Waals surface area contributed by atoms with Crippen LogP contribution < -0.4 is 10.5 Å². The molecule has 0 aliphatic rings. The Labute approximate surface area is 119 Å². The average Bonchev–Trinajstić information content (AvgIpc) is 2.40. The van der Waals surface area contributed by atoms with E-state index in [1.165, 1.54) is 18.2 Å².